The molecule has 1 fully saturated rings. The number of fused-ring (bicyclic) bond motifs is 1. The number of aromatic nitrogens is 3. The summed E-state index contributed by atoms with van der Waals surface area (Å²) in [7, 11) is 0. The van der Waals surface area contributed by atoms with Crippen molar-refractivity contribution in [3.05, 3.63) is 52.8 Å². The largest absolute Gasteiger partial charge is 0.339 e. The summed E-state index contributed by atoms with van der Waals surface area (Å²) in [6.45, 7) is 9.80. The van der Waals surface area contributed by atoms with Gasteiger partial charge in [-0.2, -0.15) is 5.10 Å². The van der Waals surface area contributed by atoms with E-state index >= 15 is 0 Å². The zero-order valence-corrected chi connectivity index (χ0v) is 19.0. The Morgan fingerprint density at radius 2 is 1.65 bits per heavy atom. The van der Waals surface area contributed by atoms with Crippen LogP contribution in [0.25, 0.3) is 16.9 Å². The molecule has 0 unspecified atom stereocenters. The van der Waals surface area contributed by atoms with Crippen LogP contribution in [-0.4, -0.2) is 62.4 Å². The molecule has 8 heteroatoms. The molecule has 0 aliphatic carbocycles. The van der Waals surface area contributed by atoms with Gasteiger partial charge in [0, 0.05) is 55.2 Å². The van der Waals surface area contributed by atoms with Gasteiger partial charge in [-0.15, -0.1) is 0 Å². The second kappa shape index (κ2) is 7.96. The smallest absolute Gasteiger partial charge is 0.272 e. The van der Waals surface area contributed by atoms with Crippen LogP contribution in [0.4, 0.5) is 0 Å². The normalized spacial score (nSPS) is 14.9. The van der Waals surface area contributed by atoms with E-state index in [-0.39, 0.29) is 17.2 Å². The molecule has 7 nitrogen and oxygen atoms in total. The lowest BCUT2D eigenvalue weighted by Gasteiger charge is -2.34. The number of carbonyl (C=O) groups is 2. The van der Waals surface area contributed by atoms with Gasteiger partial charge in [0.15, 0.2) is 5.65 Å². The topological polar surface area (TPSA) is 70.8 Å². The Bertz CT molecular complexity index is 1160. The molecular weight excluding hydrogens is 414 g/mol. The van der Waals surface area contributed by atoms with Gasteiger partial charge in [0.05, 0.1) is 11.4 Å². The van der Waals surface area contributed by atoms with Gasteiger partial charge in [0.25, 0.3) is 5.91 Å². The van der Waals surface area contributed by atoms with Crippen molar-refractivity contribution in [1.29, 1.82) is 0 Å². The molecule has 0 N–H and O–H groups in total. The van der Waals surface area contributed by atoms with Gasteiger partial charge in [0.1, 0.15) is 5.69 Å². The van der Waals surface area contributed by atoms with Crippen LogP contribution in [0.5, 0.6) is 0 Å². The lowest BCUT2D eigenvalue weighted by molar-refractivity contribution is -0.130. The van der Waals surface area contributed by atoms with E-state index in [0.29, 0.717) is 48.2 Å². The van der Waals surface area contributed by atoms with E-state index in [0.717, 1.165) is 11.3 Å². The highest BCUT2D eigenvalue weighted by Gasteiger charge is 2.27. The third kappa shape index (κ3) is 4.14. The zero-order chi connectivity index (χ0) is 22.3. The quantitative estimate of drug-likeness (QED) is 0.611. The van der Waals surface area contributed by atoms with Crippen LogP contribution in [0.15, 0.2) is 36.4 Å². The van der Waals surface area contributed by atoms with Crippen molar-refractivity contribution in [2.45, 2.75) is 33.1 Å². The maximum Gasteiger partial charge on any atom is 0.272 e. The first-order valence-corrected chi connectivity index (χ1v) is 10.7. The fraction of sp³-hybridized carbons (Fsp3) is 0.391. The predicted molar refractivity (Wildman–Crippen MR) is 120 cm³/mol. The van der Waals surface area contributed by atoms with E-state index in [1.54, 1.807) is 27.3 Å². The fourth-order valence-electron chi connectivity index (χ4n) is 3.69. The average molecular weight is 440 g/mol. The number of piperazine rings is 1. The summed E-state index contributed by atoms with van der Waals surface area (Å²) >= 11 is 6.42. The molecule has 0 saturated carbocycles. The van der Waals surface area contributed by atoms with Crippen LogP contribution in [0.1, 0.15) is 43.9 Å². The molecule has 3 heterocycles. The van der Waals surface area contributed by atoms with Crippen LogP contribution in [0.3, 0.4) is 0 Å². The molecule has 0 spiro atoms. The molecule has 2 aromatic heterocycles. The molecule has 162 valence electrons. The van der Waals surface area contributed by atoms with Crippen molar-refractivity contribution in [3.8, 4) is 11.3 Å². The summed E-state index contributed by atoms with van der Waals surface area (Å²) in [5.41, 5.74) is 3.10. The Morgan fingerprint density at radius 3 is 2.26 bits per heavy atom. The van der Waals surface area contributed by atoms with E-state index in [1.165, 1.54) is 0 Å². The summed E-state index contributed by atoms with van der Waals surface area (Å²) < 4.78 is 1.63. The summed E-state index contributed by atoms with van der Waals surface area (Å²) in [6.07, 6.45) is 0. The third-order valence-electron chi connectivity index (χ3n) is 5.58. The first-order chi connectivity index (χ1) is 14.6. The molecule has 1 saturated heterocycles. The van der Waals surface area contributed by atoms with Gasteiger partial charge in [-0.05, 0) is 12.1 Å². The van der Waals surface area contributed by atoms with Gasteiger partial charge >= 0.3 is 0 Å². The van der Waals surface area contributed by atoms with Crippen LogP contribution < -0.4 is 0 Å². The van der Waals surface area contributed by atoms with Crippen molar-refractivity contribution in [2.24, 2.45) is 0 Å². The highest BCUT2D eigenvalue weighted by Crippen LogP contribution is 2.29. The highest BCUT2D eigenvalue weighted by molar-refractivity contribution is 6.33. The molecule has 0 bridgehead atoms. The van der Waals surface area contributed by atoms with Crippen LogP contribution in [-0.2, 0) is 10.2 Å². The Balaban J connectivity index is 1.80. The van der Waals surface area contributed by atoms with Gasteiger partial charge < -0.3 is 9.80 Å². The Hall–Kier alpha value is -2.93. The summed E-state index contributed by atoms with van der Waals surface area (Å²) in [4.78, 5) is 33.4. The van der Waals surface area contributed by atoms with Crippen molar-refractivity contribution in [1.82, 2.24) is 24.4 Å². The van der Waals surface area contributed by atoms with E-state index in [4.69, 9.17) is 21.7 Å². The van der Waals surface area contributed by atoms with E-state index in [2.05, 4.69) is 20.8 Å². The standard InChI is InChI=1S/C23H26ClN5O2/c1-15(30)27-9-11-28(12-10-27)22(31)19-13-18(16-7-5-6-8-17(16)24)25-21-14-20(23(2,3)4)26-29(19)21/h5-8,13-14H,9-12H2,1-4H3. The minimum atomic E-state index is -0.189. The summed E-state index contributed by atoms with van der Waals surface area (Å²) in [5, 5.41) is 5.28. The molecule has 1 aliphatic heterocycles. The monoisotopic (exact) mass is 439 g/mol. The molecule has 0 radical (unpaired) electrons. The number of nitrogens with zero attached hydrogens (tertiary/aromatic N) is 5. The van der Waals surface area contributed by atoms with E-state index in [9.17, 15) is 9.59 Å². The lowest BCUT2D eigenvalue weighted by atomic mass is 9.93. The molecule has 2 amide bonds. The molecule has 3 aromatic rings. The third-order valence-corrected chi connectivity index (χ3v) is 5.91. The average Bonchev–Trinajstić information content (AvgIpc) is 3.18. The second-order valence-electron chi connectivity index (χ2n) is 8.85. The van der Waals surface area contributed by atoms with Crippen molar-refractivity contribution >= 4 is 29.1 Å². The van der Waals surface area contributed by atoms with Crippen molar-refractivity contribution in [3.63, 3.8) is 0 Å². The van der Waals surface area contributed by atoms with E-state index < -0.39 is 0 Å². The van der Waals surface area contributed by atoms with Crippen molar-refractivity contribution in [2.75, 3.05) is 26.2 Å². The Kier molecular flexibility index (Phi) is 5.47. The highest BCUT2D eigenvalue weighted by atomic mass is 35.5. The molecule has 31 heavy (non-hydrogen) atoms. The Labute approximate surface area is 186 Å². The second-order valence-corrected chi connectivity index (χ2v) is 9.26. The molecule has 1 aliphatic rings. The minimum absolute atomic E-state index is 0.0290. The molecule has 1 aromatic carbocycles. The van der Waals surface area contributed by atoms with Crippen LogP contribution >= 0.6 is 11.6 Å². The number of benzene rings is 1. The first-order valence-electron chi connectivity index (χ1n) is 10.4. The molecule has 4 rings (SSSR count). The van der Waals surface area contributed by atoms with Crippen LogP contribution in [0, 0.1) is 0 Å². The predicted octanol–water partition coefficient (Wildman–Crippen LogP) is 3.65. The summed E-state index contributed by atoms with van der Waals surface area (Å²) in [5.74, 6) is -0.103. The van der Waals surface area contributed by atoms with Crippen molar-refractivity contribution < 1.29 is 9.59 Å². The number of hydrogen-bond acceptors (Lipinski definition) is 4. The van der Waals surface area contributed by atoms with Gasteiger partial charge in [-0.3, -0.25) is 9.59 Å². The van der Waals surface area contributed by atoms with Gasteiger partial charge in [-0.1, -0.05) is 50.6 Å². The van der Waals surface area contributed by atoms with E-state index in [1.807, 2.05) is 30.3 Å². The molecular formula is C23H26ClN5O2. The van der Waals surface area contributed by atoms with Crippen LogP contribution in [0.2, 0.25) is 5.02 Å². The number of amides is 2. The lowest BCUT2D eigenvalue weighted by Crippen LogP contribution is -2.50. The fourth-order valence-corrected chi connectivity index (χ4v) is 3.92. The van der Waals surface area contributed by atoms with Gasteiger partial charge in [0.2, 0.25) is 5.91 Å². The molecule has 0 atom stereocenters. The summed E-state index contributed by atoms with van der Waals surface area (Å²) in [6, 6.07) is 11.1. The SMILES string of the molecule is CC(=O)N1CCN(C(=O)c2cc(-c3ccccc3Cl)nc3cc(C(C)(C)C)nn23)CC1. The zero-order valence-electron chi connectivity index (χ0n) is 18.2. The number of rotatable bonds is 2. The number of carbonyl (C=O) groups excluding carboxylic acids is 2. The Morgan fingerprint density at radius 1 is 1.00 bits per heavy atom. The minimum Gasteiger partial charge on any atom is -0.339 e. The maximum atomic E-state index is 13.5. The maximum absolute atomic E-state index is 13.5. The first kappa shape index (κ1) is 21.3. The van der Waals surface area contributed by atoms with Gasteiger partial charge in [-0.25, -0.2) is 9.50 Å². The number of hydrogen-bond donors (Lipinski definition) is 0. The number of halogens is 1.